The Balaban J connectivity index is 1.75. The molecule has 1 aliphatic heterocycles. The van der Waals surface area contributed by atoms with Crippen LogP contribution >= 0.6 is 11.6 Å². The molecule has 0 unspecified atom stereocenters. The van der Waals surface area contributed by atoms with E-state index in [1.165, 1.54) is 0 Å². The first kappa shape index (κ1) is 18.6. The van der Waals surface area contributed by atoms with Crippen molar-refractivity contribution in [3.8, 4) is 0 Å². The predicted octanol–water partition coefficient (Wildman–Crippen LogP) is 2.54. The minimum atomic E-state index is -0.182. The Morgan fingerprint density at radius 2 is 1.92 bits per heavy atom. The first-order chi connectivity index (χ1) is 11.5. The molecule has 1 N–H and O–H groups in total. The van der Waals surface area contributed by atoms with Gasteiger partial charge in [0.25, 0.3) is 0 Å². The Morgan fingerprint density at radius 1 is 1.21 bits per heavy atom. The monoisotopic (exact) mass is 351 g/mol. The SMILES string of the molecule is CC(C)CCNC(=O)CC(=O)N1CCN(c2cccc(Cl)c2)CC1. The van der Waals surface area contributed by atoms with E-state index >= 15 is 0 Å². The van der Waals surface area contributed by atoms with Gasteiger partial charge in [-0.3, -0.25) is 9.59 Å². The Labute approximate surface area is 149 Å². The molecular formula is C18H26ClN3O2. The van der Waals surface area contributed by atoms with Gasteiger partial charge in [-0.15, -0.1) is 0 Å². The quantitative estimate of drug-likeness (QED) is 0.801. The second-order valence-electron chi connectivity index (χ2n) is 6.56. The largest absolute Gasteiger partial charge is 0.368 e. The number of carbonyl (C=O) groups excluding carboxylic acids is 2. The highest BCUT2D eigenvalue weighted by Crippen LogP contribution is 2.20. The van der Waals surface area contributed by atoms with Crippen molar-refractivity contribution in [2.24, 2.45) is 5.92 Å². The number of nitrogens with one attached hydrogen (secondary N) is 1. The van der Waals surface area contributed by atoms with Crippen LogP contribution in [-0.2, 0) is 9.59 Å². The van der Waals surface area contributed by atoms with Gasteiger partial charge in [0.05, 0.1) is 0 Å². The number of hydrogen-bond acceptors (Lipinski definition) is 3. The highest BCUT2D eigenvalue weighted by molar-refractivity contribution is 6.30. The maximum absolute atomic E-state index is 12.2. The van der Waals surface area contributed by atoms with Crippen LogP contribution in [0.1, 0.15) is 26.7 Å². The van der Waals surface area contributed by atoms with Crippen LogP contribution in [0.2, 0.25) is 5.02 Å². The summed E-state index contributed by atoms with van der Waals surface area (Å²) in [6.45, 7) is 7.61. The van der Waals surface area contributed by atoms with E-state index in [4.69, 9.17) is 11.6 Å². The second kappa shape index (κ2) is 8.92. The van der Waals surface area contributed by atoms with Crippen molar-refractivity contribution in [1.82, 2.24) is 10.2 Å². The molecule has 0 aliphatic carbocycles. The zero-order valence-electron chi connectivity index (χ0n) is 14.4. The van der Waals surface area contributed by atoms with Crippen LogP contribution in [0.15, 0.2) is 24.3 Å². The lowest BCUT2D eigenvalue weighted by atomic mass is 10.1. The van der Waals surface area contributed by atoms with Gasteiger partial charge >= 0.3 is 0 Å². The lowest BCUT2D eigenvalue weighted by molar-refractivity contribution is -0.136. The molecule has 1 fully saturated rings. The summed E-state index contributed by atoms with van der Waals surface area (Å²) in [5.41, 5.74) is 1.07. The molecule has 0 spiro atoms. The molecule has 5 nitrogen and oxygen atoms in total. The summed E-state index contributed by atoms with van der Waals surface area (Å²) in [5.74, 6) is 0.265. The number of halogens is 1. The number of carbonyl (C=O) groups is 2. The molecule has 1 aliphatic rings. The molecule has 0 radical (unpaired) electrons. The molecule has 0 bridgehead atoms. The Morgan fingerprint density at radius 3 is 2.54 bits per heavy atom. The third-order valence-corrected chi connectivity index (χ3v) is 4.40. The van der Waals surface area contributed by atoms with Crippen LogP contribution in [-0.4, -0.2) is 49.4 Å². The maximum atomic E-state index is 12.2. The van der Waals surface area contributed by atoms with Gasteiger partial charge in [0.1, 0.15) is 6.42 Å². The van der Waals surface area contributed by atoms with Crippen molar-refractivity contribution >= 4 is 29.1 Å². The van der Waals surface area contributed by atoms with Gasteiger partial charge in [0, 0.05) is 43.4 Å². The molecule has 0 aromatic heterocycles. The molecule has 1 saturated heterocycles. The molecular weight excluding hydrogens is 326 g/mol. The normalized spacial score (nSPS) is 14.8. The standard InChI is InChI=1S/C18H26ClN3O2/c1-14(2)6-7-20-17(23)13-18(24)22-10-8-21(9-11-22)16-5-3-4-15(19)12-16/h3-5,12,14H,6-11,13H2,1-2H3,(H,20,23). The van der Waals surface area contributed by atoms with Crippen molar-refractivity contribution in [3.05, 3.63) is 29.3 Å². The number of benzene rings is 1. The van der Waals surface area contributed by atoms with Gasteiger partial charge in [-0.2, -0.15) is 0 Å². The molecule has 1 aromatic rings. The van der Waals surface area contributed by atoms with Crippen molar-refractivity contribution in [2.75, 3.05) is 37.6 Å². The molecule has 6 heteroatoms. The van der Waals surface area contributed by atoms with Crippen molar-refractivity contribution in [2.45, 2.75) is 26.7 Å². The summed E-state index contributed by atoms with van der Waals surface area (Å²) in [6.07, 6.45) is 0.869. The van der Waals surface area contributed by atoms with Crippen molar-refractivity contribution < 1.29 is 9.59 Å². The Bertz CT molecular complexity index is 569. The lowest BCUT2D eigenvalue weighted by Crippen LogP contribution is -2.49. The Hall–Kier alpha value is -1.75. The fourth-order valence-electron chi connectivity index (χ4n) is 2.70. The fourth-order valence-corrected chi connectivity index (χ4v) is 2.88. The van der Waals surface area contributed by atoms with E-state index in [9.17, 15) is 9.59 Å². The van der Waals surface area contributed by atoms with E-state index in [1.54, 1.807) is 4.90 Å². The summed E-state index contributed by atoms with van der Waals surface area (Å²) in [7, 11) is 0. The van der Waals surface area contributed by atoms with Gasteiger partial charge in [0.15, 0.2) is 0 Å². The second-order valence-corrected chi connectivity index (χ2v) is 6.99. The van der Waals surface area contributed by atoms with Crippen LogP contribution in [0.25, 0.3) is 0 Å². The number of nitrogens with zero attached hydrogens (tertiary/aromatic N) is 2. The van der Waals surface area contributed by atoms with Crippen LogP contribution in [0.4, 0.5) is 5.69 Å². The van der Waals surface area contributed by atoms with Crippen LogP contribution in [0, 0.1) is 5.92 Å². The van der Waals surface area contributed by atoms with Crippen LogP contribution in [0.3, 0.4) is 0 Å². The molecule has 0 atom stereocenters. The van der Waals surface area contributed by atoms with Gasteiger partial charge in [-0.05, 0) is 30.5 Å². The zero-order valence-corrected chi connectivity index (χ0v) is 15.2. The van der Waals surface area contributed by atoms with E-state index in [2.05, 4.69) is 24.1 Å². The summed E-state index contributed by atoms with van der Waals surface area (Å²) >= 11 is 6.03. The predicted molar refractivity (Wildman–Crippen MR) is 97.3 cm³/mol. The lowest BCUT2D eigenvalue weighted by Gasteiger charge is -2.36. The van der Waals surface area contributed by atoms with Crippen LogP contribution in [0.5, 0.6) is 0 Å². The van der Waals surface area contributed by atoms with Crippen molar-refractivity contribution in [3.63, 3.8) is 0 Å². The van der Waals surface area contributed by atoms with Crippen LogP contribution < -0.4 is 10.2 Å². The average molecular weight is 352 g/mol. The van der Waals surface area contributed by atoms with Gasteiger partial charge in [-0.25, -0.2) is 0 Å². The van der Waals surface area contributed by atoms with E-state index in [0.29, 0.717) is 30.6 Å². The molecule has 24 heavy (non-hydrogen) atoms. The first-order valence-electron chi connectivity index (χ1n) is 8.50. The minimum absolute atomic E-state index is 0.0603. The molecule has 2 rings (SSSR count). The summed E-state index contributed by atoms with van der Waals surface area (Å²) in [4.78, 5) is 28.0. The van der Waals surface area contributed by atoms with Gasteiger partial charge < -0.3 is 15.1 Å². The third kappa shape index (κ3) is 5.71. The van der Waals surface area contributed by atoms with Gasteiger partial charge in [-0.1, -0.05) is 31.5 Å². The van der Waals surface area contributed by atoms with E-state index in [1.807, 2.05) is 24.3 Å². The molecule has 1 heterocycles. The number of rotatable bonds is 6. The Kier molecular flexibility index (Phi) is 6.91. The number of anilines is 1. The minimum Gasteiger partial charge on any atom is -0.368 e. The van der Waals surface area contributed by atoms with Gasteiger partial charge in [0.2, 0.25) is 11.8 Å². The summed E-state index contributed by atoms with van der Waals surface area (Å²) in [5, 5.41) is 3.53. The molecule has 0 saturated carbocycles. The third-order valence-electron chi connectivity index (χ3n) is 4.16. The number of amides is 2. The van der Waals surface area contributed by atoms with E-state index in [0.717, 1.165) is 25.2 Å². The topological polar surface area (TPSA) is 52.7 Å². The number of piperazine rings is 1. The molecule has 1 aromatic carbocycles. The number of hydrogen-bond donors (Lipinski definition) is 1. The van der Waals surface area contributed by atoms with E-state index in [-0.39, 0.29) is 18.2 Å². The highest BCUT2D eigenvalue weighted by Gasteiger charge is 2.22. The molecule has 2 amide bonds. The highest BCUT2D eigenvalue weighted by atomic mass is 35.5. The fraction of sp³-hybridized carbons (Fsp3) is 0.556. The summed E-state index contributed by atoms with van der Waals surface area (Å²) < 4.78 is 0. The van der Waals surface area contributed by atoms with Crippen molar-refractivity contribution in [1.29, 1.82) is 0 Å². The first-order valence-corrected chi connectivity index (χ1v) is 8.88. The maximum Gasteiger partial charge on any atom is 0.232 e. The van der Waals surface area contributed by atoms with E-state index < -0.39 is 0 Å². The summed E-state index contributed by atoms with van der Waals surface area (Å²) in [6, 6.07) is 7.73. The zero-order chi connectivity index (χ0) is 17.5. The smallest absolute Gasteiger partial charge is 0.232 e. The average Bonchev–Trinajstić information content (AvgIpc) is 2.54. The molecule has 132 valence electrons.